The Hall–Kier alpha value is -1.92. The molecule has 1 heterocycles. The molecule has 0 atom stereocenters. The molecule has 0 unspecified atom stereocenters. The van der Waals surface area contributed by atoms with E-state index >= 15 is 0 Å². The number of nitrogens with one attached hydrogen (secondary N) is 2. The number of rotatable bonds is 8. The standard InChI is InChI=1S/C12H21N5O2/c1-10(18)13-7-5-3-4-6-12(19)17(2)8-11-14-9-15-16-11/h9H,3-8H2,1-2H3,(H,13,18)(H,14,15,16). The number of carbonyl (C=O) groups is 2. The predicted octanol–water partition coefficient (Wildman–Crippen LogP) is 0.460. The second-order valence-corrected chi connectivity index (χ2v) is 4.48. The van der Waals surface area contributed by atoms with E-state index in [0.717, 1.165) is 19.3 Å². The summed E-state index contributed by atoms with van der Waals surface area (Å²) in [6.45, 7) is 2.63. The van der Waals surface area contributed by atoms with Gasteiger partial charge in [-0.15, -0.1) is 0 Å². The molecule has 0 saturated heterocycles. The SMILES string of the molecule is CC(=O)NCCCCCC(=O)N(C)Cc1ncn[nH]1. The Morgan fingerprint density at radius 2 is 2.16 bits per heavy atom. The first-order valence-corrected chi connectivity index (χ1v) is 6.42. The van der Waals surface area contributed by atoms with Crippen LogP contribution in [0.4, 0.5) is 0 Å². The molecule has 7 heteroatoms. The Balaban J connectivity index is 2.08. The Bertz CT molecular complexity index is 391. The molecule has 1 aromatic rings. The van der Waals surface area contributed by atoms with Crippen LogP contribution in [0, 0.1) is 0 Å². The van der Waals surface area contributed by atoms with Crippen molar-refractivity contribution in [2.24, 2.45) is 0 Å². The van der Waals surface area contributed by atoms with Gasteiger partial charge < -0.3 is 10.2 Å². The smallest absolute Gasteiger partial charge is 0.222 e. The van der Waals surface area contributed by atoms with E-state index < -0.39 is 0 Å². The fourth-order valence-corrected chi connectivity index (χ4v) is 1.65. The van der Waals surface area contributed by atoms with E-state index in [9.17, 15) is 9.59 Å². The summed E-state index contributed by atoms with van der Waals surface area (Å²) in [6.07, 6.45) is 4.61. The number of aromatic nitrogens is 3. The summed E-state index contributed by atoms with van der Waals surface area (Å²) in [4.78, 5) is 28.1. The van der Waals surface area contributed by atoms with Gasteiger partial charge in [-0.1, -0.05) is 6.42 Å². The van der Waals surface area contributed by atoms with Crippen molar-refractivity contribution in [2.45, 2.75) is 39.2 Å². The van der Waals surface area contributed by atoms with Gasteiger partial charge in [-0.2, -0.15) is 5.10 Å². The minimum atomic E-state index is -0.0112. The molecule has 0 aliphatic rings. The van der Waals surface area contributed by atoms with E-state index in [1.165, 1.54) is 13.3 Å². The number of carbonyl (C=O) groups excluding carboxylic acids is 2. The minimum Gasteiger partial charge on any atom is -0.356 e. The molecular weight excluding hydrogens is 246 g/mol. The fraction of sp³-hybridized carbons (Fsp3) is 0.667. The van der Waals surface area contributed by atoms with Crippen LogP contribution in [-0.4, -0.2) is 45.5 Å². The zero-order valence-electron chi connectivity index (χ0n) is 11.5. The number of unbranched alkanes of at least 4 members (excludes halogenated alkanes) is 2. The lowest BCUT2D eigenvalue weighted by molar-refractivity contribution is -0.130. The number of nitrogens with zero attached hydrogens (tertiary/aromatic N) is 3. The molecule has 19 heavy (non-hydrogen) atoms. The van der Waals surface area contributed by atoms with Crippen molar-refractivity contribution >= 4 is 11.8 Å². The largest absolute Gasteiger partial charge is 0.356 e. The fourth-order valence-electron chi connectivity index (χ4n) is 1.65. The van der Waals surface area contributed by atoms with E-state index in [1.54, 1.807) is 11.9 Å². The second kappa shape index (κ2) is 8.23. The lowest BCUT2D eigenvalue weighted by atomic mass is 10.2. The van der Waals surface area contributed by atoms with Crippen LogP contribution >= 0.6 is 0 Å². The van der Waals surface area contributed by atoms with Crippen LogP contribution in [0.2, 0.25) is 0 Å². The van der Waals surface area contributed by atoms with Gasteiger partial charge in [-0.25, -0.2) is 4.98 Å². The van der Waals surface area contributed by atoms with Gasteiger partial charge >= 0.3 is 0 Å². The van der Waals surface area contributed by atoms with E-state index in [-0.39, 0.29) is 11.8 Å². The molecule has 0 saturated carbocycles. The highest BCUT2D eigenvalue weighted by Crippen LogP contribution is 2.04. The first-order valence-electron chi connectivity index (χ1n) is 6.42. The highest BCUT2D eigenvalue weighted by molar-refractivity contribution is 5.75. The van der Waals surface area contributed by atoms with Crippen molar-refractivity contribution in [3.05, 3.63) is 12.2 Å². The summed E-state index contributed by atoms with van der Waals surface area (Å²) >= 11 is 0. The molecule has 0 radical (unpaired) electrons. The zero-order chi connectivity index (χ0) is 14.1. The number of hydrogen-bond acceptors (Lipinski definition) is 4. The van der Waals surface area contributed by atoms with Gasteiger partial charge in [0.2, 0.25) is 11.8 Å². The molecule has 0 fully saturated rings. The molecule has 0 bridgehead atoms. The summed E-state index contributed by atoms with van der Waals surface area (Å²) in [5, 5.41) is 9.19. The van der Waals surface area contributed by atoms with Gasteiger partial charge in [-0.3, -0.25) is 14.7 Å². The maximum atomic E-state index is 11.8. The normalized spacial score (nSPS) is 10.2. The van der Waals surface area contributed by atoms with Crippen LogP contribution in [0.1, 0.15) is 38.4 Å². The minimum absolute atomic E-state index is 0.0112. The van der Waals surface area contributed by atoms with Gasteiger partial charge in [0.1, 0.15) is 12.2 Å². The third kappa shape index (κ3) is 6.54. The number of hydrogen-bond donors (Lipinski definition) is 2. The average Bonchev–Trinajstić information content (AvgIpc) is 2.85. The molecule has 2 N–H and O–H groups in total. The van der Waals surface area contributed by atoms with Crippen LogP contribution in [0.3, 0.4) is 0 Å². The summed E-state index contributed by atoms with van der Waals surface area (Å²) in [5.74, 6) is 0.764. The lowest BCUT2D eigenvalue weighted by Crippen LogP contribution is -2.26. The van der Waals surface area contributed by atoms with Gasteiger partial charge in [0, 0.05) is 26.9 Å². The van der Waals surface area contributed by atoms with Crippen LogP contribution in [-0.2, 0) is 16.1 Å². The molecular formula is C12H21N5O2. The number of amides is 2. The number of H-pyrrole nitrogens is 1. The van der Waals surface area contributed by atoms with Crippen LogP contribution in [0.15, 0.2) is 6.33 Å². The maximum absolute atomic E-state index is 11.8. The highest BCUT2D eigenvalue weighted by atomic mass is 16.2. The summed E-state index contributed by atoms with van der Waals surface area (Å²) in [7, 11) is 1.75. The molecule has 0 aliphatic carbocycles. The average molecular weight is 267 g/mol. The molecule has 1 rings (SSSR count). The van der Waals surface area contributed by atoms with Gasteiger partial charge in [0.15, 0.2) is 0 Å². The van der Waals surface area contributed by atoms with Crippen molar-refractivity contribution < 1.29 is 9.59 Å². The third-order valence-electron chi connectivity index (χ3n) is 2.72. The summed E-state index contributed by atoms with van der Waals surface area (Å²) < 4.78 is 0. The van der Waals surface area contributed by atoms with E-state index in [0.29, 0.717) is 25.3 Å². The van der Waals surface area contributed by atoms with Crippen molar-refractivity contribution in [1.82, 2.24) is 25.4 Å². The molecule has 0 aromatic carbocycles. The zero-order valence-corrected chi connectivity index (χ0v) is 11.5. The maximum Gasteiger partial charge on any atom is 0.222 e. The molecule has 7 nitrogen and oxygen atoms in total. The second-order valence-electron chi connectivity index (χ2n) is 4.48. The Morgan fingerprint density at radius 3 is 2.79 bits per heavy atom. The summed E-state index contributed by atoms with van der Waals surface area (Å²) in [5.41, 5.74) is 0. The molecule has 0 aliphatic heterocycles. The van der Waals surface area contributed by atoms with Crippen molar-refractivity contribution in [3.8, 4) is 0 Å². The monoisotopic (exact) mass is 267 g/mol. The van der Waals surface area contributed by atoms with Crippen molar-refractivity contribution in [1.29, 1.82) is 0 Å². The molecule has 1 aromatic heterocycles. The third-order valence-corrected chi connectivity index (χ3v) is 2.72. The molecule has 2 amide bonds. The molecule has 0 spiro atoms. The number of aromatic amines is 1. The predicted molar refractivity (Wildman–Crippen MR) is 70.0 cm³/mol. The van der Waals surface area contributed by atoms with Gasteiger partial charge in [0.25, 0.3) is 0 Å². The Morgan fingerprint density at radius 1 is 1.37 bits per heavy atom. The Kier molecular flexibility index (Phi) is 6.56. The van der Waals surface area contributed by atoms with Crippen molar-refractivity contribution in [3.63, 3.8) is 0 Å². The molecule has 106 valence electrons. The van der Waals surface area contributed by atoms with Gasteiger partial charge in [0.05, 0.1) is 6.54 Å². The van der Waals surface area contributed by atoms with Crippen LogP contribution < -0.4 is 5.32 Å². The topological polar surface area (TPSA) is 91.0 Å². The highest BCUT2D eigenvalue weighted by Gasteiger charge is 2.09. The van der Waals surface area contributed by atoms with Crippen LogP contribution in [0.5, 0.6) is 0 Å². The van der Waals surface area contributed by atoms with E-state index in [2.05, 4.69) is 20.5 Å². The first kappa shape index (κ1) is 15.1. The quantitative estimate of drug-likeness (QED) is 0.669. The Labute approximate surface area is 112 Å². The first-order chi connectivity index (χ1) is 9.09. The van der Waals surface area contributed by atoms with E-state index in [4.69, 9.17) is 0 Å². The lowest BCUT2D eigenvalue weighted by Gasteiger charge is -2.15. The van der Waals surface area contributed by atoms with Gasteiger partial charge in [-0.05, 0) is 12.8 Å². The summed E-state index contributed by atoms with van der Waals surface area (Å²) in [6, 6.07) is 0. The van der Waals surface area contributed by atoms with E-state index in [1.807, 2.05) is 0 Å². The van der Waals surface area contributed by atoms with Crippen molar-refractivity contribution in [2.75, 3.05) is 13.6 Å². The van der Waals surface area contributed by atoms with Crippen LogP contribution in [0.25, 0.3) is 0 Å².